The lowest BCUT2D eigenvalue weighted by atomic mass is 10.1. The summed E-state index contributed by atoms with van der Waals surface area (Å²) in [6.45, 7) is 0. The van der Waals surface area contributed by atoms with Crippen LogP contribution in [0.25, 0.3) is 0 Å². The number of ether oxygens (including phenoxy) is 1. The molecule has 0 N–H and O–H groups in total. The van der Waals surface area contributed by atoms with Gasteiger partial charge in [0.2, 0.25) is 0 Å². The molecule has 0 saturated carbocycles. The third-order valence-corrected chi connectivity index (χ3v) is 5.20. The SMILES string of the molecule is COc1ccsc1C(Br)c1ccc(F)c(Br)c1. The molecule has 5 heteroatoms. The molecule has 1 aromatic heterocycles. The molecule has 0 aliphatic heterocycles. The van der Waals surface area contributed by atoms with Gasteiger partial charge in [0.25, 0.3) is 0 Å². The Bertz CT molecular complexity index is 527. The fraction of sp³-hybridized carbons (Fsp3) is 0.167. The Labute approximate surface area is 120 Å². The molecule has 0 amide bonds. The second-order valence-electron chi connectivity index (χ2n) is 3.39. The lowest BCUT2D eigenvalue weighted by Gasteiger charge is -2.11. The van der Waals surface area contributed by atoms with Gasteiger partial charge < -0.3 is 4.74 Å². The minimum Gasteiger partial charge on any atom is -0.496 e. The van der Waals surface area contributed by atoms with E-state index in [1.54, 1.807) is 30.6 Å². The number of hydrogen-bond acceptors (Lipinski definition) is 2. The quantitative estimate of drug-likeness (QED) is 0.670. The molecule has 17 heavy (non-hydrogen) atoms. The number of hydrogen-bond donors (Lipinski definition) is 0. The van der Waals surface area contributed by atoms with Crippen LogP contribution in [0.5, 0.6) is 5.75 Å². The third kappa shape index (κ3) is 2.72. The van der Waals surface area contributed by atoms with Crippen LogP contribution >= 0.6 is 43.2 Å². The number of benzene rings is 1. The van der Waals surface area contributed by atoms with Gasteiger partial charge in [-0.25, -0.2) is 4.39 Å². The molecule has 0 bridgehead atoms. The fourth-order valence-electron chi connectivity index (χ4n) is 1.48. The maximum absolute atomic E-state index is 13.2. The first-order valence-corrected chi connectivity index (χ1v) is 7.42. The zero-order valence-corrected chi connectivity index (χ0v) is 12.9. The number of thiophene rings is 1. The monoisotopic (exact) mass is 378 g/mol. The van der Waals surface area contributed by atoms with Crippen LogP contribution in [-0.4, -0.2) is 7.11 Å². The van der Waals surface area contributed by atoms with E-state index >= 15 is 0 Å². The van der Waals surface area contributed by atoms with Gasteiger partial charge in [-0.15, -0.1) is 11.3 Å². The molecular formula is C12H9Br2FOS. The third-order valence-electron chi connectivity index (χ3n) is 2.34. The molecular weight excluding hydrogens is 371 g/mol. The summed E-state index contributed by atoms with van der Waals surface area (Å²) in [5, 5.41) is 1.97. The molecule has 1 atom stereocenters. The van der Waals surface area contributed by atoms with Gasteiger partial charge in [-0.1, -0.05) is 22.0 Å². The topological polar surface area (TPSA) is 9.23 Å². The molecule has 0 spiro atoms. The summed E-state index contributed by atoms with van der Waals surface area (Å²) in [4.78, 5) is 1.08. The van der Waals surface area contributed by atoms with E-state index in [0.717, 1.165) is 16.2 Å². The molecule has 1 unspecified atom stereocenters. The van der Waals surface area contributed by atoms with E-state index in [2.05, 4.69) is 31.9 Å². The average molecular weight is 380 g/mol. The van der Waals surface area contributed by atoms with Crippen molar-refractivity contribution >= 4 is 43.2 Å². The molecule has 1 nitrogen and oxygen atoms in total. The van der Waals surface area contributed by atoms with Gasteiger partial charge in [-0.3, -0.25) is 0 Å². The first-order valence-electron chi connectivity index (χ1n) is 4.84. The molecule has 0 saturated heterocycles. The summed E-state index contributed by atoms with van der Waals surface area (Å²) in [6.07, 6.45) is 0. The van der Waals surface area contributed by atoms with Crippen molar-refractivity contribution in [3.05, 3.63) is 50.4 Å². The van der Waals surface area contributed by atoms with Crippen LogP contribution in [0.2, 0.25) is 0 Å². The number of alkyl halides is 1. The molecule has 90 valence electrons. The zero-order chi connectivity index (χ0) is 12.4. The molecule has 0 radical (unpaired) electrons. The Morgan fingerprint density at radius 2 is 2.12 bits per heavy atom. The molecule has 1 aromatic carbocycles. The second kappa shape index (κ2) is 5.50. The van der Waals surface area contributed by atoms with E-state index in [4.69, 9.17) is 4.74 Å². The second-order valence-corrected chi connectivity index (χ2v) is 6.11. The van der Waals surface area contributed by atoms with Crippen molar-refractivity contribution < 1.29 is 9.13 Å². The van der Waals surface area contributed by atoms with Crippen molar-refractivity contribution in [2.75, 3.05) is 7.11 Å². The van der Waals surface area contributed by atoms with E-state index in [-0.39, 0.29) is 10.6 Å². The molecule has 1 heterocycles. The summed E-state index contributed by atoms with van der Waals surface area (Å²) >= 11 is 8.41. The maximum atomic E-state index is 13.2. The number of rotatable bonds is 3. The van der Waals surface area contributed by atoms with Crippen molar-refractivity contribution in [2.24, 2.45) is 0 Å². The van der Waals surface area contributed by atoms with Gasteiger partial charge >= 0.3 is 0 Å². The van der Waals surface area contributed by atoms with Crippen LogP contribution in [0.3, 0.4) is 0 Å². The van der Waals surface area contributed by atoms with Crippen LogP contribution in [-0.2, 0) is 0 Å². The first kappa shape index (κ1) is 13.1. The van der Waals surface area contributed by atoms with Gasteiger partial charge in [0.1, 0.15) is 11.6 Å². The molecule has 2 aromatic rings. The minimum absolute atomic E-state index is 0.00866. The Hall–Kier alpha value is -0.390. The van der Waals surface area contributed by atoms with Crippen molar-refractivity contribution in [3.8, 4) is 5.75 Å². The summed E-state index contributed by atoms with van der Waals surface area (Å²) in [6, 6.07) is 6.91. The van der Waals surface area contributed by atoms with E-state index in [1.807, 2.05) is 11.4 Å². The van der Waals surface area contributed by atoms with Crippen LogP contribution in [0.15, 0.2) is 34.1 Å². The summed E-state index contributed by atoms with van der Waals surface area (Å²) in [5.41, 5.74) is 0.985. The maximum Gasteiger partial charge on any atom is 0.137 e. The van der Waals surface area contributed by atoms with Gasteiger partial charge in [0.05, 0.1) is 21.3 Å². The summed E-state index contributed by atoms with van der Waals surface area (Å²) < 4.78 is 18.9. The first-order chi connectivity index (χ1) is 8.13. The molecule has 0 aliphatic carbocycles. The normalized spacial score (nSPS) is 12.5. The highest BCUT2D eigenvalue weighted by Crippen LogP contribution is 2.40. The predicted molar refractivity (Wildman–Crippen MR) is 75.7 cm³/mol. The van der Waals surface area contributed by atoms with E-state index < -0.39 is 0 Å². The van der Waals surface area contributed by atoms with E-state index in [0.29, 0.717) is 4.47 Å². The Morgan fingerprint density at radius 1 is 1.35 bits per heavy atom. The zero-order valence-electron chi connectivity index (χ0n) is 8.91. The largest absolute Gasteiger partial charge is 0.496 e. The molecule has 2 rings (SSSR count). The van der Waals surface area contributed by atoms with Crippen molar-refractivity contribution in [1.29, 1.82) is 0 Å². The highest BCUT2D eigenvalue weighted by atomic mass is 79.9. The van der Waals surface area contributed by atoms with Crippen molar-refractivity contribution in [1.82, 2.24) is 0 Å². The smallest absolute Gasteiger partial charge is 0.137 e. The molecule has 0 aliphatic rings. The Morgan fingerprint density at radius 3 is 2.76 bits per heavy atom. The van der Waals surface area contributed by atoms with E-state index in [9.17, 15) is 4.39 Å². The van der Waals surface area contributed by atoms with Crippen molar-refractivity contribution in [3.63, 3.8) is 0 Å². The van der Waals surface area contributed by atoms with Gasteiger partial charge in [-0.2, -0.15) is 0 Å². The van der Waals surface area contributed by atoms with Crippen LogP contribution in [0.4, 0.5) is 4.39 Å². The van der Waals surface area contributed by atoms with Crippen LogP contribution < -0.4 is 4.74 Å². The van der Waals surface area contributed by atoms with Crippen molar-refractivity contribution in [2.45, 2.75) is 4.83 Å². The lowest BCUT2D eigenvalue weighted by Crippen LogP contribution is -1.94. The van der Waals surface area contributed by atoms with Gasteiger partial charge in [-0.05, 0) is 45.1 Å². The standard InChI is InChI=1S/C12H9Br2FOS/c1-16-10-4-5-17-12(10)11(14)7-2-3-9(15)8(13)6-7/h2-6,11H,1H3. The average Bonchev–Trinajstić information content (AvgIpc) is 2.80. The molecule has 0 fully saturated rings. The highest BCUT2D eigenvalue weighted by molar-refractivity contribution is 9.10. The fourth-order valence-corrected chi connectivity index (χ4v) is 3.58. The Balaban J connectivity index is 2.36. The van der Waals surface area contributed by atoms with Crippen LogP contribution in [0, 0.1) is 5.82 Å². The number of halogens is 3. The van der Waals surface area contributed by atoms with Gasteiger partial charge in [0, 0.05) is 0 Å². The number of methoxy groups -OCH3 is 1. The van der Waals surface area contributed by atoms with Gasteiger partial charge in [0.15, 0.2) is 0 Å². The summed E-state index contributed by atoms with van der Waals surface area (Å²) in [7, 11) is 1.64. The lowest BCUT2D eigenvalue weighted by molar-refractivity contribution is 0.413. The highest BCUT2D eigenvalue weighted by Gasteiger charge is 2.17. The minimum atomic E-state index is -0.258. The summed E-state index contributed by atoms with van der Waals surface area (Å²) in [5.74, 6) is 0.587. The Kier molecular flexibility index (Phi) is 4.22. The van der Waals surface area contributed by atoms with Crippen LogP contribution in [0.1, 0.15) is 15.3 Å². The predicted octanol–water partition coefficient (Wildman–Crippen LogP) is 5.14. The van der Waals surface area contributed by atoms with E-state index in [1.165, 1.54) is 6.07 Å².